The van der Waals surface area contributed by atoms with Gasteiger partial charge in [-0.05, 0) is 26.3 Å². The number of ether oxygens (including phenoxy) is 1. The molecule has 1 aromatic rings. The van der Waals surface area contributed by atoms with E-state index in [0.29, 0.717) is 5.56 Å². The summed E-state index contributed by atoms with van der Waals surface area (Å²) >= 11 is 0. The van der Waals surface area contributed by atoms with Crippen LogP contribution in [0.15, 0.2) is 17.0 Å². The van der Waals surface area contributed by atoms with E-state index < -0.39 is 14.0 Å². The summed E-state index contributed by atoms with van der Waals surface area (Å²) in [5, 5.41) is 10.7. The van der Waals surface area contributed by atoms with Gasteiger partial charge in [0.05, 0.1) is 11.0 Å². The number of hydrogen-bond acceptors (Lipinski definition) is 5. The molecule has 0 aliphatic rings. The second kappa shape index (κ2) is 5.11. The van der Waals surface area contributed by atoms with Gasteiger partial charge in [0.2, 0.25) is 0 Å². The van der Waals surface area contributed by atoms with Gasteiger partial charge in [-0.2, -0.15) is 0 Å². The predicted molar refractivity (Wildman–Crippen MR) is 66.6 cm³/mol. The molecule has 0 atom stereocenters. The molecule has 1 rings (SSSR count). The highest BCUT2D eigenvalue weighted by molar-refractivity contribution is 8.13. The fourth-order valence-electron chi connectivity index (χ4n) is 1.40. The zero-order valence-electron chi connectivity index (χ0n) is 10.0. The summed E-state index contributed by atoms with van der Waals surface area (Å²) in [4.78, 5) is 9.63. The number of rotatable bonds is 4. The van der Waals surface area contributed by atoms with E-state index in [1.807, 2.05) is 0 Å². The fourth-order valence-corrected chi connectivity index (χ4v) is 2.43. The molecule has 0 heterocycles. The standard InChI is InChI=1S/C10H12ClNO5S/c1-6(2)17-10-7(3)4-8(12(13)14)5-9(10)18(11,15)16/h4-6H,1-3H3. The number of benzene rings is 1. The molecule has 100 valence electrons. The Kier molecular flexibility index (Phi) is 4.18. The number of nitrogens with zero attached hydrogens (tertiary/aromatic N) is 1. The number of non-ortho nitro benzene ring substituents is 1. The van der Waals surface area contributed by atoms with Crippen LogP contribution in [0.4, 0.5) is 5.69 Å². The van der Waals surface area contributed by atoms with Gasteiger partial charge in [-0.15, -0.1) is 0 Å². The molecule has 8 heteroatoms. The molecule has 0 saturated carbocycles. The number of aryl methyl sites for hydroxylation is 1. The van der Waals surface area contributed by atoms with Crippen molar-refractivity contribution in [2.75, 3.05) is 0 Å². The molecule has 0 aliphatic carbocycles. The summed E-state index contributed by atoms with van der Waals surface area (Å²) in [7, 11) is 1.15. The molecule has 0 radical (unpaired) electrons. The molecular weight excluding hydrogens is 282 g/mol. The Morgan fingerprint density at radius 3 is 2.33 bits per heavy atom. The van der Waals surface area contributed by atoms with Crippen LogP contribution in [0.3, 0.4) is 0 Å². The normalized spacial score (nSPS) is 11.6. The first kappa shape index (κ1) is 14.7. The summed E-state index contributed by atoms with van der Waals surface area (Å²) in [6, 6.07) is 2.14. The molecule has 0 unspecified atom stereocenters. The minimum atomic E-state index is -4.11. The van der Waals surface area contributed by atoms with Gasteiger partial charge in [-0.25, -0.2) is 8.42 Å². The quantitative estimate of drug-likeness (QED) is 0.484. The lowest BCUT2D eigenvalue weighted by atomic mass is 10.2. The summed E-state index contributed by atoms with van der Waals surface area (Å²) < 4.78 is 28.2. The van der Waals surface area contributed by atoms with Gasteiger partial charge in [-0.1, -0.05) is 0 Å². The smallest absolute Gasteiger partial charge is 0.271 e. The Bertz CT molecular complexity index is 582. The summed E-state index contributed by atoms with van der Waals surface area (Å²) in [5.74, 6) is 0.0469. The van der Waals surface area contributed by atoms with E-state index in [-0.39, 0.29) is 22.4 Å². The summed E-state index contributed by atoms with van der Waals surface area (Å²) in [5.41, 5.74) is -0.0000406. The van der Waals surface area contributed by atoms with Gasteiger partial charge in [-0.3, -0.25) is 10.1 Å². The van der Waals surface area contributed by atoms with Gasteiger partial charge in [0.15, 0.2) is 0 Å². The maximum Gasteiger partial charge on any atom is 0.271 e. The van der Waals surface area contributed by atoms with Gasteiger partial charge < -0.3 is 4.74 Å². The predicted octanol–water partition coefficient (Wildman–Crippen LogP) is 2.62. The third-order valence-electron chi connectivity index (χ3n) is 2.05. The van der Waals surface area contributed by atoms with E-state index in [1.165, 1.54) is 13.0 Å². The van der Waals surface area contributed by atoms with Gasteiger partial charge in [0, 0.05) is 22.8 Å². The molecule has 0 saturated heterocycles. The van der Waals surface area contributed by atoms with Crippen LogP contribution in [-0.2, 0) is 9.05 Å². The zero-order valence-corrected chi connectivity index (χ0v) is 11.6. The van der Waals surface area contributed by atoms with Crippen LogP contribution >= 0.6 is 10.7 Å². The van der Waals surface area contributed by atoms with Crippen molar-refractivity contribution in [3.05, 3.63) is 27.8 Å². The highest BCUT2D eigenvalue weighted by Gasteiger charge is 2.24. The second-order valence-corrected chi connectivity index (χ2v) is 6.49. The Hall–Kier alpha value is -1.34. The minimum absolute atomic E-state index is 0.0469. The third kappa shape index (κ3) is 3.33. The van der Waals surface area contributed by atoms with Crippen LogP contribution in [0.1, 0.15) is 19.4 Å². The molecule has 0 fully saturated rings. The molecule has 1 aromatic carbocycles. The van der Waals surface area contributed by atoms with Crippen LogP contribution in [0.2, 0.25) is 0 Å². The van der Waals surface area contributed by atoms with Crippen LogP contribution in [0.25, 0.3) is 0 Å². The third-order valence-corrected chi connectivity index (χ3v) is 3.38. The molecule has 0 spiro atoms. The number of halogens is 1. The maximum atomic E-state index is 11.4. The highest BCUT2D eigenvalue weighted by Crippen LogP contribution is 2.34. The van der Waals surface area contributed by atoms with Gasteiger partial charge in [0.25, 0.3) is 14.7 Å². The molecule has 0 aliphatic heterocycles. The van der Waals surface area contributed by atoms with Crippen LogP contribution in [0, 0.1) is 17.0 Å². The molecular formula is C10H12ClNO5S. The average molecular weight is 294 g/mol. The van der Waals surface area contributed by atoms with E-state index >= 15 is 0 Å². The van der Waals surface area contributed by atoms with Crippen molar-refractivity contribution in [3.63, 3.8) is 0 Å². The Morgan fingerprint density at radius 1 is 1.39 bits per heavy atom. The van der Waals surface area contributed by atoms with Crippen molar-refractivity contribution >= 4 is 25.4 Å². The topological polar surface area (TPSA) is 86.5 Å². The number of nitro benzene ring substituents is 1. The van der Waals surface area contributed by atoms with Gasteiger partial charge >= 0.3 is 0 Å². The van der Waals surface area contributed by atoms with Crippen LogP contribution < -0.4 is 4.74 Å². The maximum absolute atomic E-state index is 11.4. The zero-order chi connectivity index (χ0) is 14.1. The van der Waals surface area contributed by atoms with Crippen molar-refractivity contribution in [1.82, 2.24) is 0 Å². The van der Waals surface area contributed by atoms with Crippen LogP contribution in [0.5, 0.6) is 5.75 Å². The van der Waals surface area contributed by atoms with Gasteiger partial charge in [0.1, 0.15) is 10.6 Å². The van der Waals surface area contributed by atoms with Crippen molar-refractivity contribution < 1.29 is 18.1 Å². The highest BCUT2D eigenvalue weighted by atomic mass is 35.7. The number of hydrogen-bond donors (Lipinski definition) is 0. The first-order chi connectivity index (χ1) is 8.12. The van der Waals surface area contributed by atoms with Crippen LogP contribution in [-0.4, -0.2) is 19.4 Å². The molecule has 18 heavy (non-hydrogen) atoms. The first-order valence-corrected chi connectivity index (χ1v) is 7.34. The van der Waals surface area contributed by atoms with Crippen molar-refractivity contribution in [2.24, 2.45) is 0 Å². The lowest BCUT2D eigenvalue weighted by Gasteiger charge is -2.15. The molecule has 0 bridgehead atoms. The fraction of sp³-hybridized carbons (Fsp3) is 0.400. The molecule has 6 nitrogen and oxygen atoms in total. The lowest BCUT2D eigenvalue weighted by Crippen LogP contribution is -2.10. The largest absolute Gasteiger partial charge is 0.489 e. The Balaban J connectivity index is 3.55. The monoisotopic (exact) mass is 293 g/mol. The van der Waals surface area contributed by atoms with Crippen molar-refractivity contribution in [1.29, 1.82) is 0 Å². The Morgan fingerprint density at radius 2 is 1.94 bits per heavy atom. The van der Waals surface area contributed by atoms with Crippen molar-refractivity contribution in [3.8, 4) is 5.75 Å². The van der Waals surface area contributed by atoms with E-state index in [9.17, 15) is 18.5 Å². The molecule has 0 amide bonds. The lowest BCUT2D eigenvalue weighted by molar-refractivity contribution is -0.385. The first-order valence-electron chi connectivity index (χ1n) is 5.03. The Labute approximate surface area is 109 Å². The molecule has 0 aromatic heterocycles. The summed E-state index contributed by atoms with van der Waals surface area (Å²) in [6.45, 7) is 4.95. The SMILES string of the molecule is Cc1cc([N+](=O)[O-])cc(S(=O)(=O)Cl)c1OC(C)C. The second-order valence-electron chi connectivity index (χ2n) is 3.95. The van der Waals surface area contributed by atoms with E-state index in [2.05, 4.69) is 0 Å². The van der Waals surface area contributed by atoms with Crippen molar-refractivity contribution in [2.45, 2.75) is 31.8 Å². The van der Waals surface area contributed by atoms with E-state index in [1.54, 1.807) is 13.8 Å². The number of nitro groups is 1. The van der Waals surface area contributed by atoms with E-state index in [4.69, 9.17) is 15.4 Å². The average Bonchev–Trinajstić information content (AvgIpc) is 2.17. The van der Waals surface area contributed by atoms with E-state index in [0.717, 1.165) is 6.07 Å². The minimum Gasteiger partial charge on any atom is -0.489 e. The molecule has 0 N–H and O–H groups in total. The summed E-state index contributed by atoms with van der Waals surface area (Å²) in [6.07, 6.45) is -0.276.